The second-order valence-electron chi connectivity index (χ2n) is 11.6. The van der Waals surface area contributed by atoms with Crippen LogP contribution in [0, 0.1) is 0 Å². The first-order valence-corrected chi connectivity index (χ1v) is 15.4. The largest absolute Gasteiger partial charge is 0.0888 e. The molecule has 0 aromatic heterocycles. The minimum absolute atomic E-state index is 0.331. The Morgan fingerprint density at radius 1 is 0.381 bits per heavy atom. The third kappa shape index (κ3) is 2.70. The molecule has 3 aliphatic rings. The quantitative estimate of drug-likeness (QED) is 0.197. The van der Waals surface area contributed by atoms with Gasteiger partial charge in [0, 0.05) is 15.2 Å². The molecule has 2 aliphatic carbocycles. The average Bonchev–Trinajstić information content (AvgIpc) is 3.52. The van der Waals surface area contributed by atoms with E-state index in [1.165, 1.54) is 87.3 Å². The first-order chi connectivity index (χ1) is 20.8. The number of benzene rings is 7. The van der Waals surface area contributed by atoms with Gasteiger partial charge in [0.05, 0.1) is 5.41 Å². The Labute approximate surface area is 249 Å². The molecular weight excluding hydrogens is 525 g/mol. The van der Waals surface area contributed by atoms with Gasteiger partial charge in [0.2, 0.25) is 0 Å². The van der Waals surface area contributed by atoms with Crippen molar-refractivity contribution in [3.8, 4) is 44.5 Å². The van der Waals surface area contributed by atoms with E-state index in [2.05, 4.69) is 146 Å². The van der Waals surface area contributed by atoms with Crippen LogP contribution >= 0.6 is 11.8 Å². The zero-order valence-corrected chi connectivity index (χ0v) is 23.6. The SMILES string of the molecule is c1ccc2c(c1)Sc1cccc3ccc(-c4ccc5c(c4)C4(c6ccccc6-c6ccccc64)c4ccccc4-5)c-2c13. The van der Waals surface area contributed by atoms with Gasteiger partial charge in [-0.2, -0.15) is 0 Å². The van der Waals surface area contributed by atoms with Crippen LogP contribution in [0.25, 0.3) is 55.3 Å². The maximum absolute atomic E-state index is 2.51. The lowest BCUT2D eigenvalue weighted by Gasteiger charge is -2.31. The fourth-order valence-electron chi connectivity index (χ4n) is 8.09. The Morgan fingerprint density at radius 2 is 0.929 bits per heavy atom. The standard InChI is InChI=1S/C41H24S/c1-5-15-33-28(11-1)29-12-2-6-16-34(29)41(33)35-17-7-3-13-30(35)31-23-21-26(24-36(31)41)27-22-20-25-10-9-19-38-39(25)40(27)32-14-4-8-18-37(32)42-38/h1-24H. The highest BCUT2D eigenvalue weighted by atomic mass is 32.2. The number of hydrogen-bond donors (Lipinski definition) is 0. The molecular formula is C41H24S. The van der Waals surface area contributed by atoms with E-state index in [1.54, 1.807) is 0 Å². The van der Waals surface area contributed by atoms with E-state index in [1.807, 2.05) is 11.8 Å². The number of fused-ring (bicyclic) bond motifs is 12. The lowest BCUT2D eigenvalue weighted by Crippen LogP contribution is -2.25. The fourth-order valence-corrected chi connectivity index (χ4v) is 9.23. The van der Waals surface area contributed by atoms with E-state index in [0.29, 0.717) is 0 Å². The van der Waals surface area contributed by atoms with Gasteiger partial charge in [-0.15, -0.1) is 0 Å². The maximum Gasteiger partial charge on any atom is 0.0725 e. The molecule has 0 amide bonds. The topological polar surface area (TPSA) is 0 Å². The van der Waals surface area contributed by atoms with Gasteiger partial charge in [-0.3, -0.25) is 0 Å². The molecule has 42 heavy (non-hydrogen) atoms. The normalized spacial score (nSPS) is 14.3. The summed E-state index contributed by atoms with van der Waals surface area (Å²) in [7, 11) is 0. The molecule has 0 unspecified atom stereocenters. The van der Waals surface area contributed by atoms with Gasteiger partial charge in [-0.05, 0) is 90.3 Å². The van der Waals surface area contributed by atoms with Crippen LogP contribution in [0.4, 0.5) is 0 Å². The van der Waals surface area contributed by atoms with Crippen molar-refractivity contribution in [2.45, 2.75) is 15.2 Å². The molecule has 0 bridgehead atoms. The van der Waals surface area contributed by atoms with Crippen molar-refractivity contribution in [3.63, 3.8) is 0 Å². The van der Waals surface area contributed by atoms with Crippen LogP contribution in [0.2, 0.25) is 0 Å². The van der Waals surface area contributed by atoms with E-state index in [9.17, 15) is 0 Å². The lowest BCUT2D eigenvalue weighted by atomic mass is 9.70. The summed E-state index contributed by atoms with van der Waals surface area (Å²) >= 11 is 1.89. The van der Waals surface area contributed by atoms with Gasteiger partial charge in [-0.25, -0.2) is 0 Å². The van der Waals surface area contributed by atoms with Crippen molar-refractivity contribution in [2.24, 2.45) is 0 Å². The molecule has 7 aromatic carbocycles. The molecule has 0 atom stereocenters. The first-order valence-electron chi connectivity index (χ1n) is 14.6. The highest BCUT2D eigenvalue weighted by Gasteiger charge is 2.51. The highest BCUT2D eigenvalue weighted by Crippen LogP contribution is 2.63. The molecule has 10 rings (SSSR count). The van der Waals surface area contributed by atoms with Crippen molar-refractivity contribution in [1.29, 1.82) is 0 Å². The number of rotatable bonds is 1. The molecule has 1 heteroatoms. The van der Waals surface area contributed by atoms with Crippen molar-refractivity contribution in [2.75, 3.05) is 0 Å². The van der Waals surface area contributed by atoms with Gasteiger partial charge in [0.1, 0.15) is 0 Å². The summed E-state index contributed by atoms with van der Waals surface area (Å²) in [6.45, 7) is 0. The summed E-state index contributed by atoms with van der Waals surface area (Å²) in [6.07, 6.45) is 0. The van der Waals surface area contributed by atoms with Crippen LogP contribution in [-0.2, 0) is 5.41 Å². The minimum Gasteiger partial charge on any atom is -0.0888 e. The monoisotopic (exact) mass is 548 g/mol. The molecule has 1 aliphatic heterocycles. The smallest absolute Gasteiger partial charge is 0.0725 e. The Bertz CT molecular complexity index is 2230. The fraction of sp³-hybridized carbons (Fsp3) is 0.0244. The molecule has 0 fully saturated rings. The molecule has 7 aromatic rings. The van der Waals surface area contributed by atoms with Crippen LogP contribution in [0.1, 0.15) is 22.3 Å². The van der Waals surface area contributed by atoms with E-state index >= 15 is 0 Å². The minimum atomic E-state index is -0.331. The second-order valence-corrected chi connectivity index (χ2v) is 12.7. The maximum atomic E-state index is 2.51. The van der Waals surface area contributed by atoms with Gasteiger partial charge in [0.15, 0.2) is 0 Å². The molecule has 194 valence electrons. The van der Waals surface area contributed by atoms with Crippen LogP contribution in [-0.4, -0.2) is 0 Å². The Balaban J connectivity index is 1.32. The third-order valence-corrected chi connectivity index (χ3v) is 10.8. The second kappa shape index (κ2) is 8.12. The molecule has 0 radical (unpaired) electrons. The summed E-state index contributed by atoms with van der Waals surface area (Å²) in [6, 6.07) is 54.7. The summed E-state index contributed by atoms with van der Waals surface area (Å²) in [4.78, 5) is 2.67. The van der Waals surface area contributed by atoms with Crippen molar-refractivity contribution >= 4 is 22.5 Å². The molecule has 0 nitrogen and oxygen atoms in total. The lowest BCUT2D eigenvalue weighted by molar-refractivity contribution is 0.794. The van der Waals surface area contributed by atoms with E-state index in [0.717, 1.165) is 0 Å². The van der Waals surface area contributed by atoms with Crippen molar-refractivity contribution < 1.29 is 0 Å². The summed E-state index contributed by atoms with van der Waals surface area (Å²) < 4.78 is 0. The Hall–Kier alpha value is -4.85. The molecule has 0 saturated carbocycles. The predicted molar refractivity (Wildman–Crippen MR) is 175 cm³/mol. The average molecular weight is 549 g/mol. The predicted octanol–water partition coefficient (Wildman–Crippen LogP) is 11.0. The summed E-state index contributed by atoms with van der Waals surface area (Å²) in [5.41, 5.74) is 15.9. The van der Waals surface area contributed by atoms with Gasteiger partial charge in [-0.1, -0.05) is 139 Å². The third-order valence-electron chi connectivity index (χ3n) is 9.69. The number of hydrogen-bond acceptors (Lipinski definition) is 1. The van der Waals surface area contributed by atoms with Crippen LogP contribution in [0.3, 0.4) is 0 Å². The highest BCUT2D eigenvalue weighted by molar-refractivity contribution is 7.99. The zero-order chi connectivity index (χ0) is 27.4. The van der Waals surface area contributed by atoms with Crippen LogP contribution in [0.5, 0.6) is 0 Å². The van der Waals surface area contributed by atoms with Gasteiger partial charge < -0.3 is 0 Å². The summed E-state index contributed by atoms with van der Waals surface area (Å²) in [5, 5.41) is 2.67. The molecule has 1 heterocycles. The Morgan fingerprint density at radius 3 is 1.62 bits per heavy atom. The molecule has 1 spiro atoms. The van der Waals surface area contributed by atoms with Crippen molar-refractivity contribution in [3.05, 3.63) is 168 Å². The van der Waals surface area contributed by atoms with Crippen molar-refractivity contribution in [1.82, 2.24) is 0 Å². The van der Waals surface area contributed by atoms with E-state index < -0.39 is 0 Å². The Kier molecular flexibility index (Phi) is 4.41. The molecule has 0 N–H and O–H groups in total. The zero-order valence-electron chi connectivity index (χ0n) is 22.8. The van der Waals surface area contributed by atoms with Crippen LogP contribution in [0.15, 0.2) is 155 Å². The van der Waals surface area contributed by atoms with Gasteiger partial charge >= 0.3 is 0 Å². The van der Waals surface area contributed by atoms with Gasteiger partial charge in [0.25, 0.3) is 0 Å². The van der Waals surface area contributed by atoms with E-state index in [4.69, 9.17) is 0 Å². The first kappa shape index (κ1) is 22.8. The van der Waals surface area contributed by atoms with Crippen LogP contribution < -0.4 is 0 Å². The molecule has 0 saturated heterocycles. The van der Waals surface area contributed by atoms with E-state index in [-0.39, 0.29) is 5.41 Å². The summed E-state index contributed by atoms with van der Waals surface area (Å²) in [5.74, 6) is 0.